The molecule has 0 spiro atoms. The Morgan fingerprint density at radius 2 is 1.14 bits per heavy atom. The molecule has 1 aliphatic heterocycles. The first kappa shape index (κ1) is 29.7. The molecular weight excluding hydrogens is 467 g/mol. The molecule has 0 amide bonds. The smallest absolute Gasteiger partial charge is 0.333 e. The fourth-order valence-corrected chi connectivity index (χ4v) is 7.94. The summed E-state index contributed by atoms with van der Waals surface area (Å²) < 4.78 is 32.1. The number of unbranched alkanes of at least 4 members (excludes halogenated alkanes) is 1. The molecule has 0 radical (unpaired) electrons. The van der Waals surface area contributed by atoms with Gasteiger partial charge in [0.1, 0.15) is 0 Å². The topological polar surface area (TPSA) is 64.6 Å². The lowest BCUT2D eigenvalue weighted by Gasteiger charge is -2.51. The van der Waals surface area contributed by atoms with Gasteiger partial charge in [0.05, 0.1) is 44.7 Å². The van der Waals surface area contributed by atoms with Gasteiger partial charge in [0.15, 0.2) is 0 Å². The Morgan fingerprint density at radius 3 is 1.54 bits per heavy atom. The lowest BCUT2D eigenvalue weighted by molar-refractivity contribution is -0.272. The zero-order valence-corrected chi connectivity index (χ0v) is 24.5. The first-order valence-electron chi connectivity index (χ1n) is 13.5. The molecule has 7 nitrogen and oxygen atoms in total. The average molecular weight is 519 g/mol. The highest BCUT2D eigenvalue weighted by atomic mass is 31.2. The standard InChI is InChI=1S/C27H51O7P/c1-26(2,3)22-16-18(28-7)14-20-21-15-19(29-8)17-23(27(4,5)6)25(21)34-35(33-24(20)22)32-13-11-10-12-31-30-9/h18-25H,10-17H2,1-9H3. The summed E-state index contributed by atoms with van der Waals surface area (Å²) in [5.41, 5.74) is 0.189. The van der Waals surface area contributed by atoms with Gasteiger partial charge in [0.25, 0.3) is 0 Å². The fourth-order valence-electron chi connectivity index (χ4n) is 6.49. The van der Waals surface area contributed by atoms with E-state index in [4.69, 9.17) is 27.9 Å². The SMILES string of the molecule is COOCCCCOP1OC2C(CC(OC)CC2C(C)(C)C)C2CC(OC)CC(C(C)(C)C)C2O1. The number of fused-ring (bicyclic) bond motifs is 3. The zero-order valence-electron chi connectivity index (χ0n) is 23.6. The van der Waals surface area contributed by atoms with Crippen LogP contribution >= 0.6 is 8.60 Å². The van der Waals surface area contributed by atoms with Crippen molar-refractivity contribution in [1.29, 1.82) is 0 Å². The van der Waals surface area contributed by atoms with Crippen molar-refractivity contribution in [3.63, 3.8) is 0 Å². The van der Waals surface area contributed by atoms with Crippen LogP contribution in [-0.4, -0.2) is 59.0 Å². The summed E-state index contributed by atoms with van der Waals surface area (Å²) in [6.45, 7) is 15.1. The van der Waals surface area contributed by atoms with Crippen LogP contribution in [0, 0.1) is 34.5 Å². The number of rotatable bonds is 9. The van der Waals surface area contributed by atoms with Crippen molar-refractivity contribution in [2.45, 2.75) is 104 Å². The molecule has 3 rings (SSSR count). The van der Waals surface area contributed by atoms with Crippen LogP contribution in [0.25, 0.3) is 0 Å². The molecule has 35 heavy (non-hydrogen) atoms. The zero-order chi connectivity index (χ0) is 25.8. The summed E-state index contributed by atoms with van der Waals surface area (Å²) in [6, 6.07) is 0. The first-order valence-corrected chi connectivity index (χ1v) is 14.6. The highest BCUT2D eigenvalue weighted by Gasteiger charge is 2.56. The van der Waals surface area contributed by atoms with Crippen molar-refractivity contribution in [3.8, 4) is 0 Å². The van der Waals surface area contributed by atoms with Gasteiger partial charge in [-0.3, -0.25) is 0 Å². The summed E-state index contributed by atoms with van der Waals surface area (Å²) >= 11 is 0. The van der Waals surface area contributed by atoms with E-state index in [1.54, 1.807) is 0 Å². The van der Waals surface area contributed by atoms with Gasteiger partial charge >= 0.3 is 8.60 Å². The van der Waals surface area contributed by atoms with E-state index in [1.807, 2.05) is 14.2 Å². The lowest BCUT2D eigenvalue weighted by Crippen LogP contribution is -2.53. The second kappa shape index (κ2) is 12.8. The van der Waals surface area contributed by atoms with E-state index in [2.05, 4.69) is 46.4 Å². The van der Waals surface area contributed by atoms with Crippen LogP contribution in [0.5, 0.6) is 0 Å². The molecule has 8 unspecified atom stereocenters. The van der Waals surface area contributed by atoms with Crippen LogP contribution in [-0.2, 0) is 32.8 Å². The number of hydrogen-bond donors (Lipinski definition) is 0. The van der Waals surface area contributed by atoms with Crippen LogP contribution in [0.15, 0.2) is 0 Å². The molecule has 0 N–H and O–H groups in total. The van der Waals surface area contributed by atoms with Gasteiger partial charge in [0.2, 0.25) is 0 Å². The maximum absolute atomic E-state index is 6.86. The number of hydrogen-bond acceptors (Lipinski definition) is 7. The fraction of sp³-hybridized carbons (Fsp3) is 1.00. The molecular formula is C27H51O7P. The summed E-state index contributed by atoms with van der Waals surface area (Å²) in [7, 11) is 3.80. The molecule has 8 atom stereocenters. The maximum atomic E-state index is 6.86. The molecule has 206 valence electrons. The number of methoxy groups -OCH3 is 2. The summed E-state index contributed by atoms with van der Waals surface area (Å²) in [4.78, 5) is 9.68. The van der Waals surface area contributed by atoms with Gasteiger partial charge in [-0.15, -0.1) is 0 Å². The van der Waals surface area contributed by atoms with E-state index in [9.17, 15) is 0 Å². The third-order valence-electron chi connectivity index (χ3n) is 8.53. The minimum Gasteiger partial charge on any atom is -0.381 e. The third-order valence-corrected chi connectivity index (χ3v) is 9.76. The highest BCUT2D eigenvalue weighted by molar-refractivity contribution is 7.41. The van der Waals surface area contributed by atoms with Crippen LogP contribution in [0.3, 0.4) is 0 Å². The molecule has 2 saturated carbocycles. The highest BCUT2D eigenvalue weighted by Crippen LogP contribution is 2.60. The minimum absolute atomic E-state index is 0.0931. The molecule has 0 aromatic rings. The first-order chi connectivity index (χ1) is 16.5. The van der Waals surface area contributed by atoms with Gasteiger partial charge in [-0.2, -0.15) is 0 Å². The third kappa shape index (κ3) is 7.60. The van der Waals surface area contributed by atoms with E-state index < -0.39 is 8.60 Å². The van der Waals surface area contributed by atoms with Crippen molar-refractivity contribution < 1.29 is 32.8 Å². The molecule has 1 saturated heterocycles. The summed E-state index contributed by atoms with van der Waals surface area (Å²) in [6.07, 6.45) is 6.44. The summed E-state index contributed by atoms with van der Waals surface area (Å²) in [5.74, 6) is 1.45. The predicted molar refractivity (Wildman–Crippen MR) is 138 cm³/mol. The van der Waals surface area contributed by atoms with Gasteiger partial charge in [-0.25, -0.2) is 9.78 Å². The average Bonchev–Trinajstić information content (AvgIpc) is 2.95. The van der Waals surface area contributed by atoms with Gasteiger partial charge in [-0.05, 0) is 73.0 Å². The van der Waals surface area contributed by atoms with Crippen LogP contribution in [0.2, 0.25) is 0 Å². The van der Waals surface area contributed by atoms with Crippen molar-refractivity contribution in [2.75, 3.05) is 34.5 Å². The Labute approximate surface area is 215 Å². The Bertz CT molecular complexity index is 588. The Kier molecular flexibility index (Phi) is 10.9. The molecule has 0 aromatic heterocycles. The van der Waals surface area contributed by atoms with Gasteiger partial charge in [-0.1, -0.05) is 41.5 Å². The molecule has 0 aromatic carbocycles. The Balaban J connectivity index is 1.90. The van der Waals surface area contributed by atoms with Crippen LogP contribution in [0.4, 0.5) is 0 Å². The van der Waals surface area contributed by atoms with Crippen molar-refractivity contribution in [1.82, 2.24) is 0 Å². The predicted octanol–water partition coefficient (Wildman–Crippen LogP) is 6.55. The molecule has 1 heterocycles. The van der Waals surface area contributed by atoms with E-state index in [-0.39, 0.29) is 35.2 Å². The normalized spacial score (nSPS) is 38.5. The minimum atomic E-state index is -1.45. The van der Waals surface area contributed by atoms with Crippen molar-refractivity contribution in [3.05, 3.63) is 0 Å². The Hall–Kier alpha value is 0.150. The van der Waals surface area contributed by atoms with E-state index in [1.165, 1.54) is 7.11 Å². The maximum Gasteiger partial charge on any atom is 0.333 e. The van der Waals surface area contributed by atoms with Crippen LogP contribution in [0.1, 0.15) is 80.1 Å². The lowest BCUT2D eigenvalue weighted by atomic mass is 9.57. The van der Waals surface area contributed by atoms with E-state index in [0.717, 1.165) is 38.5 Å². The second-order valence-electron chi connectivity index (χ2n) is 12.8. The van der Waals surface area contributed by atoms with E-state index in [0.29, 0.717) is 36.9 Å². The molecule has 0 bridgehead atoms. The molecule has 2 aliphatic carbocycles. The Morgan fingerprint density at radius 1 is 0.686 bits per heavy atom. The van der Waals surface area contributed by atoms with Gasteiger partial charge in [0, 0.05) is 14.2 Å². The monoisotopic (exact) mass is 518 g/mol. The van der Waals surface area contributed by atoms with Crippen molar-refractivity contribution >= 4 is 8.60 Å². The quantitative estimate of drug-likeness (QED) is 0.148. The molecule has 3 fully saturated rings. The van der Waals surface area contributed by atoms with Crippen LogP contribution < -0.4 is 0 Å². The number of ether oxygens (including phenoxy) is 2. The van der Waals surface area contributed by atoms with Gasteiger partial charge < -0.3 is 23.0 Å². The van der Waals surface area contributed by atoms with Crippen molar-refractivity contribution in [2.24, 2.45) is 34.5 Å². The molecule has 8 heteroatoms. The van der Waals surface area contributed by atoms with E-state index >= 15 is 0 Å². The largest absolute Gasteiger partial charge is 0.381 e. The summed E-state index contributed by atoms with van der Waals surface area (Å²) in [5, 5.41) is 0. The second-order valence-corrected chi connectivity index (χ2v) is 14.0. The molecule has 3 aliphatic rings.